The van der Waals surface area contributed by atoms with Crippen molar-refractivity contribution in [3.05, 3.63) is 70.8 Å². The summed E-state index contributed by atoms with van der Waals surface area (Å²) >= 11 is 0. The van der Waals surface area contributed by atoms with E-state index in [9.17, 15) is 29.4 Å². The molecule has 0 radical (unpaired) electrons. The van der Waals surface area contributed by atoms with Crippen LogP contribution in [0.4, 0.5) is 0 Å². The molecule has 0 aliphatic heterocycles. The summed E-state index contributed by atoms with van der Waals surface area (Å²) in [5.41, 5.74) is 11.9. The van der Waals surface area contributed by atoms with Crippen molar-refractivity contribution in [1.29, 1.82) is 0 Å². The third-order valence-corrected chi connectivity index (χ3v) is 4.04. The molecule has 2 amide bonds. The van der Waals surface area contributed by atoms with Gasteiger partial charge in [-0.25, -0.2) is 0 Å². The first kappa shape index (κ1) is 40.9. The van der Waals surface area contributed by atoms with E-state index in [4.69, 9.17) is 23.1 Å². The normalized spacial score (nSPS) is 7.81. The fourth-order valence-electron chi connectivity index (χ4n) is 2.19. The van der Waals surface area contributed by atoms with Crippen LogP contribution in [0.5, 0.6) is 0 Å². The monoisotopic (exact) mass is 578 g/mol. The average molecular weight is 579 g/mol. The molecule has 12 nitrogen and oxygen atoms in total. The number of carboxylic acids is 2. The molecule has 2 rings (SSSR count). The Kier molecular flexibility index (Phi) is 27.7. The zero-order valence-electron chi connectivity index (χ0n) is 23.4. The first-order chi connectivity index (χ1) is 20.2. The van der Waals surface area contributed by atoms with E-state index in [1.54, 1.807) is 10.6 Å². The highest BCUT2D eigenvalue weighted by molar-refractivity contribution is 6.35. The van der Waals surface area contributed by atoms with Crippen LogP contribution in [0.25, 0.3) is 0 Å². The van der Waals surface area contributed by atoms with Crippen molar-refractivity contribution < 1.29 is 51.1 Å². The minimum Gasteiger partial charge on any atom is -0.548 e. The standard InChI is InChI=1S/2C11H9N.C6H8N2O6.2CH4O/c2*1-2-3-4-10-5-7-11(9-12)8-6-10;9-3(10)1-7-5(13)6(14)8-2-4(11)12;2*1-2/h2*1,5-8H,9,12H2;1-2H2,(H,7,13)(H,8,14)(H,9,10)(H,11,12);2*2H,1H3. The number of aliphatic hydroxyl groups excluding tert-OH is 2. The van der Waals surface area contributed by atoms with E-state index in [0.29, 0.717) is 0 Å². The molecule has 0 aliphatic carbocycles. The summed E-state index contributed by atoms with van der Waals surface area (Å²) in [5.74, 6) is 9.71. The van der Waals surface area contributed by atoms with Gasteiger partial charge in [-0.3, -0.25) is 9.59 Å². The Bertz CT molecular complexity index is 1200. The number of aliphatic carboxylic acids is 2. The highest BCUT2D eigenvalue weighted by Crippen LogP contribution is 2.01. The fraction of sp³-hybridized carbons (Fsp3) is 0.200. The minimum absolute atomic E-state index is 0.808. The third-order valence-electron chi connectivity index (χ3n) is 4.04. The molecule has 222 valence electrons. The Morgan fingerprint density at radius 2 is 0.952 bits per heavy atom. The van der Waals surface area contributed by atoms with Crippen molar-refractivity contribution in [3.8, 4) is 48.4 Å². The van der Waals surface area contributed by atoms with Gasteiger partial charge in [0, 0.05) is 36.5 Å². The van der Waals surface area contributed by atoms with Crippen molar-refractivity contribution in [2.24, 2.45) is 0 Å². The van der Waals surface area contributed by atoms with Crippen molar-refractivity contribution in [2.75, 3.05) is 27.3 Å². The quantitative estimate of drug-likeness (QED) is 0.143. The van der Waals surface area contributed by atoms with Crippen molar-refractivity contribution in [3.63, 3.8) is 0 Å². The molecule has 0 aliphatic rings. The lowest BCUT2D eigenvalue weighted by atomic mass is 10.1. The number of carboxylic acid groups (broad SMARTS) is 2. The second-order valence-corrected chi connectivity index (χ2v) is 6.79. The lowest BCUT2D eigenvalue weighted by molar-refractivity contribution is -0.386. The second kappa shape index (κ2) is 28.4. The number of terminal acetylenes is 2. The Morgan fingerprint density at radius 3 is 1.17 bits per heavy atom. The van der Waals surface area contributed by atoms with E-state index in [1.165, 1.54) is 11.1 Å². The van der Waals surface area contributed by atoms with Crippen LogP contribution in [0.3, 0.4) is 0 Å². The number of quaternary nitrogens is 2. The van der Waals surface area contributed by atoms with Crippen LogP contribution >= 0.6 is 0 Å². The Hall–Kier alpha value is -5.60. The number of aliphatic hydroxyl groups is 2. The Balaban J connectivity index is -0.000000513. The maximum absolute atomic E-state index is 10.6. The van der Waals surface area contributed by atoms with Gasteiger partial charge in [-0.15, -0.1) is 12.8 Å². The van der Waals surface area contributed by atoms with Crippen LogP contribution in [0, 0.1) is 48.4 Å². The van der Waals surface area contributed by atoms with Crippen LogP contribution in [0.2, 0.25) is 0 Å². The summed E-state index contributed by atoms with van der Waals surface area (Å²) in [6.07, 6.45) is 10.00. The zero-order valence-corrected chi connectivity index (χ0v) is 23.4. The van der Waals surface area contributed by atoms with E-state index < -0.39 is 36.8 Å². The number of carbonyl (C=O) groups is 4. The molecule has 0 heterocycles. The van der Waals surface area contributed by atoms with Gasteiger partial charge in [0.05, 0.1) is 38.1 Å². The maximum Gasteiger partial charge on any atom is 0.309 e. The number of rotatable bonds is 6. The number of benzene rings is 2. The summed E-state index contributed by atoms with van der Waals surface area (Å²) in [4.78, 5) is 40.9. The molecule has 0 bridgehead atoms. The number of carbonyl (C=O) groups excluding carboxylic acids is 4. The molecular weight excluding hydrogens is 544 g/mol. The van der Waals surface area contributed by atoms with Gasteiger partial charge in [-0.1, -0.05) is 36.1 Å². The van der Waals surface area contributed by atoms with E-state index in [1.807, 2.05) is 48.5 Å². The SMILES string of the molecule is C#CC#Cc1ccc(C[NH3+])cc1.C#CC#Cc1ccc(C[NH3+])cc1.CO.CO.O=C([O-])CNC(=O)C(=O)NCC(=O)[O-]. The van der Waals surface area contributed by atoms with Crippen LogP contribution in [-0.4, -0.2) is 61.3 Å². The van der Waals surface area contributed by atoms with Crippen LogP contribution in [-0.2, 0) is 32.3 Å². The molecule has 0 saturated heterocycles. The molecule has 2 aromatic carbocycles. The number of hydrogen-bond donors (Lipinski definition) is 6. The molecule has 0 atom stereocenters. The first-order valence-corrected chi connectivity index (χ1v) is 11.7. The number of nitrogens with one attached hydrogen (secondary N) is 2. The smallest absolute Gasteiger partial charge is 0.309 e. The summed E-state index contributed by atoms with van der Waals surface area (Å²) in [6.45, 7) is -0.0269. The molecule has 2 aromatic rings. The molecule has 0 aromatic heterocycles. The summed E-state index contributed by atoms with van der Waals surface area (Å²) in [5, 5.41) is 37.0. The molecule has 0 fully saturated rings. The highest BCUT2D eigenvalue weighted by atomic mass is 16.4. The number of hydrogen-bond acceptors (Lipinski definition) is 8. The van der Waals surface area contributed by atoms with Crippen molar-refractivity contribution in [2.45, 2.75) is 13.1 Å². The second-order valence-electron chi connectivity index (χ2n) is 6.79. The van der Waals surface area contributed by atoms with Gasteiger partial charge in [0.15, 0.2) is 0 Å². The predicted octanol–water partition coefficient (Wildman–Crippen LogP) is -5.24. The topological polar surface area (TPSA) is 234 Å². The fourth-order valence-corrected chi connectivity index (χ4v) is 2.19. The van der Waals surface area contributed by atoms with E-state index >= 15 is 0 Å². The summed E-state index contributed by atoms with van der Waals surface area (Å²) in [7, 11) is 2.00. The van der Waals surface area contributed by atoms with E-state index in [0.717, 1.165) is 38.4 Å². The molecule has 12 heteroatoms. The molecule has 0 saturated carbocycles. The van der Waals surface area contributed by atoms with Gasteiger partial charge in [0.2, 0.25) is 0 Å². The lowest BCUT2D eigenvalue weighted by Crippen LogP contribution is -2.47. The van der Waals surface area contributed by atoms with Gasteiger partial charge >= 0.3 is 11.8 Å². The Morgan fingerprint density at radius 1 is 0.667 bits per heavy atom. The predicted molar refractivity (Wildman–Crippen MR) is 150 cm³/mol. The maximum atomic E-state index is 10.6. The summed E-state index contributed by atoms with van der Waals surface area (Å²) < 4.78 is 0. The summed E-state index contributed by atoms with van der Waals surface area (Å²) in [6, 6.07) is 15.8. The largest absolute Gasteiger partial charge is 0.548 e. The van der Waals surface area contributed by atoms with Crippen LogP contribution in [0.15, 0.2) is 48.5 Å². The first-order valence-electron chi connectivity index (χ1n) is 11.7. The third kappa shape index (κ3) is 23.5. The van der Waals surface area contributed by atoms with Crippen molar-refractivity contribution >= 4 is 23.8 Å². The van der Waals surface area contributed by atoms with Gasteiger partial charge in [0.1, 0.15) is 0 Å². The minimum atomic E-state index is -1.56. The molecule has 10 N–H and O–H groups in total. The molecular formula is C30H34N4O8. The van der Waals surface area contributed by atoms with Gasteiger partial charge in [-0.2, -0.15) is 0 Å². The average Bonchev–Trinajstić information content (AvgIpc) is 3.03. The number of amides is 2. The Labute approximate surface area is 245 Å². The lowest BCUT2D eigenvalue weighted by Gasteiger charge is -2.06. The zero-order chi connectivity index (χ0) is 32.8. The molecule has 42 heavy (non-hydrogen) atoms. The van der Waals surface area contributed by atoms with Gasteiger partial charge in [-0.05, 0) is 47.9 Å². The highest BCUT2D eigenvalue weighted by Gasteiger charge is 2.11. The van der Waals surface area contributed by atoms with Crippen LogP contribution in [0.1, 0.15) is 22.3 Å². The van der Waals surface area contributed by atoms with Gasteiger partial charge in [0.25, 0.3) is 0 Å². The molecule has 0 unspecified atom stereocenters. The van der Waals surface area contributed by atoms with Gasteiger partial charge < -0.3 is 52.1 Å². The van der Waals surface area contributed by atoms with E-state index in [-0.39, 0.29) is 0 Å². The van der Waals surface area contributed by atoms with Crippen LogP contribution < -0.4 is 32.3 Å². The van der Waals surface area contributed by atoms with Crippen molar-refractivity contribution in [1.82, 2.24) is 10.6 Å². The van der Waals surface area contributed by atoms with E-state index in [2.05, 4.69) is 47.0 Å². The molecule has 0 spiro atoms.